The third-order valence-corrected chi connectivity index (χ3v) is 4.89. The maximum atomic E-state index is 13.8. The summed E-state index contributed by atoms with van der Waals surface area (Å²) in [7, 11) is 1.57. The fourth-order valence-corrected chi connectivity index (χ4v) is 3.53. The second-order valence-electron chi connectivity index (χ2n) is 6.99. The quantitative estimate of drug-likeness (QED) is 0.611. The number of alkyl halides is 3. The Morgan fingerprint density at radius 1 is 1.24 bits per heavy atom. The summed E-state index contributed by atoms with van der Waals surface area (Å²) in [5.74, 6) is -4.57. The van der Waals surface area contributed by atoms with Crippen LogP contribution in [-0.2, 0) is 24.7 Å². The highest BCUT2D eigenvalue weighted by Crippen LogP contribution is 2.41. The summed E-state index contributed by atoms with van der Waals surface area (Å²) in [6, 6.07) is -2.31. The Kier molecular flexibility index (Phi) is 5.61. The molecule has 0 radical (unpaired) electrons. The molecule has 1 aliphatic heterocycles. The number of nitrogens with zero attached hydrogens (tertiary/aromatic N) is 3. The number of carbonyl (C=O) groups excluding carboxylic acids is 1. The number of nitrogens with two attached hydrogens (primary N) is 1. The molecule has 0 saturated carbocycles. The number of fused-ring (bicyclic) bond motifs is 1. The summed E-state index contributed by atoms with van der Waals surface area (Å²) in [4.78, 5) is 17.0. The van der Waals surface area contributed by atoms with E-state index in [1.807, 2.05) is 0 Å². The lowest BCUT2D eigenvalue weighted by Gasteiger charge is -2.36. The molecule has 158 valence electrons. The van der Waals surface area contributed by atoms with Crippen LogP contribution in [0.2, 0.25) is 0 Å². The van der Waals surface area contributed by atoms with E-state index in [1.165, 1.54) is 10.9 Å². The van der Waals surface area contributed by atoms with Crippen molar-refractivity contribution in [2.75, 3.05) is 6.54 Å². The normalized spacial score (nSPS) is 17.9. The Labute approximate surface area is 162 Å². The van der Waals surface area contributed by atoms with Gasteiger partial charge in [0.2, 0.25) is 5.91 Å². The molecule has 2 heterocycles. The molecular formula is C18H18F6N4O. The third kappa shape index (κ3) is 4.24. The minimum absolute atomic E-state index is 0.179. The number of hydrogen-bond donors (Lipinski definition) is 1. The first-order chi connectivity index (χ1) is 13.5. The maximum absolute atomic E-state index is 13.8. The van der Waals surface area contributed by atoms with Crippen LogP contribution < -0.4 is 5.73 Å². The van der Waals surface area contributed by atoms with Crippen LogP contribution in [-0.4, -0.2) is 39.1 Å². The van der Waals surface area contributed by atoms with Crippen LogP contribution in [0.1, 0.15) is 29.4 Å². The fourth-order valence-electron chi connectivity index (χ4n) is 3.53. The monoisotopic (exact) mass is 420 g/mol. The molecular weight excluding hydrogens is 402 g/mol. The van der Waals surface area contributed by atoms with Crippen LogP contribution >= 0.6 is 0 Å². The van der Waals surface area contributed by atoms with Crippen LogP contribution in [0.5, 0.6) is 0 Å². The van der Waals surface area contributed by atoms with Gasteiger partial charge in [-0.3, -0.25) is 4.79 Å². The zero-order valence-corrected chi connectivity index (χ0v) is 15.3. The van der Waals surface area contributed by atoms with Gasteiger partial charge in [-0.25, -0.2) is 18.2 Å². The Morgan fingerprint density at radius 3 is 2.55 bits per heavy atom. The standard InChI is InChI=1S/C18H18F6N4O/c1-27-8-26-16-14(27)2-3-28(17(16)18(22,23)24)15(29)6-10(25)4-9-5-12(20)13(21)7-11(9)19/h5,7-8,10,17H,2-4,6,25H2,1H3/t10-,17?/m1/s1. The molecule has 0 saturated heterocycles. The van der Waals surface area contributed by atoms with Gasteiger partial charge in [-0.1, -0.05) is 0 Å². The van der Waals surface area contributed by atoms with Crippen molar-refractivity contribution in [3.63, 3.8) is 0 Å². The lowest BCUT2D eigenvalue weighted by molar-refractivity contribution is -0.195. The zero-order chi connectivity index (χ0) is 21.5. The van der Waals surface area contributed by atoms with Crippen LogP contribution in [0.3, 0.4) is 0 Å². The summed E-state index contributed by atoms with van der Waals surface area (Å²) >= 11 is 0. The minimum Gasteiger partial charge on any atom is -0.337 e. The second-order valence-corrected chi connectivity index (χ2v) is 6.99. The van der Waals surface area contributed by atoms with Gasteiger partial charge in [-0.15, -0.1) is 0 Å². The van der Waals surface area contributed by atoms with Gasteiger partial charge in [0, 0.05) is 44.2 Å². The van der Waals surface area contributed by atoms with Crippen molar-refractivity contribution in [2.45, 2.75) is 37.5 Å². The smallest absolute Gasteiger partial charge is 0.337 e. The van der Waals surface area contributed by atoms with E-state index in [-0.39, 0.29) is 30.6 Å². The number of halogens is 6. The molecule has 1 aromatic carbocycles. The number of aryl methyl sites for hydroxylation is 1. The van der Waals surface area contributed by atoms with Crippen molar-refractivity contribution < 1.29 is 31.1 Å². The summed E-state index contributed by atoms with van der Waals surface area (Å²) < 4.78 is 82.5. The summed E-state index contributed by atoms with van der Waals surface area (Å²) in [5.41, 5.74) is 5.69. The molecule has 1 amide bonds. The number of carbonyl (C=O) groups is 1. The zero-order valence-electron chi connectivity index (χ0n) is 15.3. The molecule has 0 aliphatic carbocycles. The molecule has 11 heteroatoms. The Balaban J connectivity index is 1.76. The van der Waals surface area contributed by atoms with E-state index in [9.17, 15) is 31.1 Å². The molecule has 2 N–H and O–H groups in total. The van der Waals surface area contributed by atoms with Crippen LogP contribution in [0.25, 0.3) is 0 Å². The van der Waals surface area contributed by atoms with Crippen LogP contribution in [0.15, 0.2) is 18.5 Å². The summed E-state index contributed by atoms with van der Waals surface area (Å²) in [6.07, 6.45) is -4.15. The summed E-state index contributed by atoms with van der Waals surface area (Å²) in [5, 5.41) is 0. The first-order valence-electron chi connectivity index (χ1n) is 8.74. The first-order valence-corrected chi connectivity index (χ1v) is 8.74. The number of benzene rings is 1. The van der Waals surface area contributed by atoms with Gasteiger partial charge in [-0.2, -0.15) is 13.2 Å². The number of hydrogen-bond acceptors (Lipinski definition) is 3. The van der Waals surface area contributed by atoms with Gasteiger partial charge < -0.3 is 15.2 Å². The molecule has 2 atom stereocenters. The molecule has 1 unspecified atom stereocenters. The first kappa shape index (κ1) is 21.2. The SMILES string of the molecule is Cn1cnc2c1CCN(C(=O)C[C@H](N)Cc1cc(F)c(F)cc1F)C2C(F)(F)F. The molecule has 0 spiro atoms. The predicted molar refractivity (Wildman–Crippen MR) is 90.0 cm³/mol. The van der Waals surface area contributed by atoms with E-state index in [4.69, 9.17) is 5.73 Å². The van der Waals surface area contributed by atoms with E-state index in [2.05, 4.69) is 4.98 Å². The van der Waals surface area contributed by atoms with E-state index >= 15 is 0 Å². The van der Waals surface area contributed by atoms with Gasteiger partial charge in [0.15, 0.2) is 17.7 Å². The molecule has 3 rings (SSSR count). The van der Waals surface area contributed by atoms with Crippen molar-refractivity contribution in [1.82, 2.24) is 14.5 Å². The van der Waals surface area contributed by atoms with Gasteiger partial charge in [0.1, 0.15) is 5.82 Å². The predicted octanol–water partition coefficient (Wildman–Crippen LogP) is 2.79. The van der Waals surface area contributed by atoms with Crippen molar-refractivity contribution in [1.29, 1.82) is 0 Å². The summed E-state index contributed by atoms with van der Waals surface area (Å²) in [6.45, 7) is -0.179. The Bertz CT molecular complexity index is 926. The highest BCUT2D eigenvalue weighted by Gasteiger charge is 2.50. The van der Waals surface area contributed by atoms with Crippen molar-refractivity contribution >= 4 is 5.91 Å². The number of amides is 1. The van der Waals surface area contributed by atoms with E-state index in [1.54, 1.807) is 7.05 Å². The number of aromatic nitrogens is 2. The molecule has 1 aromatic heterocycles. The highest BCUT2D eigenvalue weighted by molar-refractivity contribution is 5.78. The van der Waals surface area contributed by atoms with Gasteiger partial charge in [0.05, 0.1) is 12.0 Å². The molecule has 29 heavy (non-hydrogen) atoms. The van der Waals surface area contributed by atoms with Crippen LogP contribution in [0, 0.1) is 17.5 Å². The molecule has 5 nitrogen and oxygen atoms in total. The lowest BCUT2D eigenvalue weighted by atomic mass is 9.98. The lowest BCUT2D eigenvalue weighted by Crippen LogP contribution is -2.48. The van der Waals surface area contributed by atoms with Crippen molar-refractivity contribution in [2.24, 2.45) is 12.8 Å². The largest absolute Gasteiger partial charge is 0.414 e. The van der Waals surface area contributed by atoms with Crippen molar-refractivity contribution in [3.8, 4) is 0 Å². The average Bonchev–Trinajstić information content (AvgIpc) is 2.99. The topological polar surface area (TPSA) is 64.2 Å². The van der Waals surface area contributed by atoms with Gasteiger partial charge >= 0.3 is 6.18 Å². The maximum Gasteiger partial charge on any atom is 0.414 e. The minimum atomic E-state index is -4.74. The molecule has 2 aromatic rings. The van der Waals surface area contributed by atoms with Gasteiger partial charge in [-0.05, 0) is 18.1 Å². The van der Waals surface area contributed by atoms with E-state index in [0.717, 1.165) is 0 Å². The fraction of sp³-hybridized carbons (Fsp3) is 0.444. The van der Waals surface area contributed by atoms with E-state index in [0.29, 0.717) is 22.7 Å². The van der Waals surface area contributed by atoms with Crippen LogP contribution in [0.4, 0.5) is 26.3 Å². The third-order valence-electron chi connectivity index (χ3n) is 4.89. The average molecular weight is 420 g/mol. The second kappa shape index (κ2) is 7.69. The van der Waals surface area contributed by atoms with Crippen molar-refractivity contribution in [3.05, 3.63) is 52.9 Å². The molecule has 0 bridgehead atoms. The Morgan fingerprint density at radius 2 is 1.90 bits per heavy atom. The highest BCUT2D eigenvalue weighted by atomic mass is 19.4. The van der Waals surface area contributed by atoms with Gasteiger partial charge in [0.25, 0.3) is 0 Å². The van der Waals surface area contributed by atoms with E-state index < -0.39 is 48.0 Å². The number of rotatable bonds is 4. The number of imidazole rings is 1. The Hall–Kier alpha value is -2.56. The molecule has 1 aliphatic rings. The molecule has 0 fully saturated rings.